The van der Waals surface area contributed by atoms with Crippen LogP contribution in [0.5, 0.6) is 11.6 Å². The van der Waals surface area contributed by atoms with Gasteiger partial charge in [0.2, 0.25) is 17.4 Å². The number of nitrogens with one attached hydrogen (secondary N) is 1. The first-order valence-electron chi connectivity index (χ1n) is 15.3. The molecule has 48 heavy (non-hydrogen) atoms. The number of nitrogens with zero attached hydrogens (tertiary/aromatic N) is 4. The molecule has 0 radical (unpaired) electrons. The fourth-order valence-electron chi connectivity index (χ4n) is 5.13. The number of aromatic nitrogens is 2. The number of carbonyl (C=O) groups excluding carboxylic acids is 4. The zero-order valence-corrected chi connectivity index (χ0v) is 26.3. The largest absolute Gasteiger partial charge is 0.573 e. The molecular formula is C30H36F3N5O10. The van der Waals surface area contributed by atoms with Gasteiger partial charge in [0.15, 0.2) is 5.69 Å². The first-order valence-corrected chi connectivity index (χ1v) is 15.3. The number of benzene rings is 1. The normalized spacial score (nSPS) is 16.3. The second-order valence-electron chi connectivity index (χ2n) is 11.0. The lowest BCUT2D eigenvalue weighted by atomic mass is 9.80. The summed E-state index contributed by atoms with van der Waals surface area (Å²) in [5, 5.41) is 16.1. The Morgan fingerprint density at radius 1 is 0.979 bits per heavy atom. The Kier molecular flexibility index (Phi) is 11.4. The van der Waals surface area contributed by atoms with Gasteiger partial charge in [-0.2, -0.15) is 5.10 Å². The highest BCUT2D eigenvalue weighted by molar-refractivity contribution is 5.96. The summed E-state index contributed by atoms with van der Waals surface area (Å²) in [7, 11) is 0. The van der Waals surface area contributed by atoms with Gasteiger partial charge in [-0.1, -0.05) is 0 Å². The smallest absolute Gasteiger partial charge is 0.481 e. The molecule has 3 amide bonds. The molecule has 2 aromatic rings. The first-order chi connectivity index (χ1) is 22.7. The predicted octanol–water partition coefficient (Wildman–Crippen LogP) is 2.90. The zero-order valence-electron chi connectivity index (χ0n) is 26.3. The number of aliphatic carboxylic acids is 1. The molecule has 0 spiro atoms. The number of hydrogen-bond donors (Lipinski definition) is 2. The van der Waals surface area contributed by atoms with Crippen molar-refractivity contribution >= 4 is 29.8 Å². The zero-order chi connectivity index (χ0) is 35.1. The fourth-order valence-corrected chi connectivity index (χ4v) is 5.13. The van der Waals surface area contributed by atoms with Crippen LogP contribution >= 0.6 is 0 Å². The average molecular weight is 684 g/mol. The van der Waals surface area contributed by atoms with Crippen LogP contribution < -0.4 is 14.8 Å². The summed E-state index contributed by atoms with van der Waals surface area (Å²) < 4.78 is 59.5. The van der Waals surface area contributed by atoms with E-state index < -0.39 is 60.0 Å². The van der Waals surface area contributed by atoms with Crippen LogP contribution in [0.4, 0.5) is 18.0 Å². The minimum absolute atomic E-state index is 0.0845. The number of hydrogen-bond acceptors (Lipinski definition) is 10. The van der Waals surface area contributed by atoms with Crippen LogP contribution in [0.1, 0.15) is 56.4 Å². The number of amides is 3. The lowest BCUT2D eigenvalue weighted by Crippen LogP contribution is -2.56. The van der Waals surface area contributed by atoms with Gasteiger partial charge < -0.3 is 39.2 Å². The van der Waals surface area contributed by atoms with Crippen molar-refractivity contribution in [3.63, 3.8) is 0 Å². The fraction of sp³-hybridized carbons (Fsp3) is 0.533. The van der Waals surface area contributed by atoms with Gasteiger partial charge in [-0.25, -0.2) is 14.3 Å². The molecule has 2 aliphatic rings. The molecule has 262 valence electrons. The number of halogens is 3. The Morgan fingerprint density at radius 3 is 2.15 bits per heavy atom. The van der Waals surface area contributed by atoms with Gasteiger partial charge >= 0.3 is 24.4 Å². The second kappa shape index (κ2) is 15.2. The molecule has 1 atom stereocenters. The summed E-state index contributed by atoms with van der Waals surface area (Å²) in [6.07, 6.45) is -4.91. The van der Waals surface area contributed by atoms with Crippen molar-refractivity contribution in [1.82, 2.24) is 24.9 Å². The van der Waals surface area contributed by atoms with Crippen molar-refractivity contribution in [2.24, 2.45) is 0 Å². The van der Waals surface area contributed by atoms with Crippen molar-refractivity contribution in [3.05, 3.63) is 36.0 Å². The predicted molar refractivity (Wildman–Crippen MR) is 157 cm³/mol. The van der Waals surface area contributed by atoms with E-state index in [0.29, 0.717) is 19.3 Å². The average Bonchev–Trinajstić information content (AvgIpc) is 3.44. The van der Waals surface area contributed by atoms with Gasteiger partial charge in [0.25, 0.3) is 5.91 Å². The lowest BCUT2D eigenvalue weighted by Gasteiger charge is -2.38. The minimum Gasteiger partial charge on any atom is -0.481 e. The molecule has 1 unspecified atom stereocenters. The third-order valence-electron chi connectivity index (χ3n) is 7.70. The van der Waals surface area contributed by atoms with Crippen molar-refractivity contribution in [2.75, 3.05) is 39.4 Å². The molecule has 1 aromatic heterocycles. The molecule has 15 nitrogen and oxygen atoms in total. The topological polar surface area (TPSA) is 179 Å². The van der Waals surface area contributed by atoms with E-state index in [9.17, 15) is 42.3 Å². The van der Waals surface area contributed by atoms with E-state index in [2.05, 4.69) is 15.2 Å². The van der Waals surface area contributed by atoms with Crippen LogP contribution in [0, 0.1) is 0 Å². The van der Waals surface area contributed by atoms with Crippen molar-refractivity contribution in [3.8, 4) is 17.3 Å². The third kappa shape index (κ3) is 8.86. The third-order valence-corrected chi connectivity index (χ3v) is 7.70. The summed E-state index contributed by atoms with van der Waals surface area (Å²) in [6.45, 7) is 4.15. The number of carbonyl (C=O) groups is 5. The number of carboxylic acid groups (broad SMARTS) is 1. The van der Waals surface area contributed by atoms with Crippen molar-refractivity contribution in [2.45, 2.75) is 64.0 Å². The van der Waals surface area contributed by atoms with Crippen molar-refractivity contribution < 1.29 is 61.2 Å². The molecule has 1 aromatic carbocycles. The quantitative estimate of drug-likeness (QED) is 0.297. The molecule has 2 heterocycles. The highest BCUT2D eigenvalue weighted by Crippen LogP contribution is 2.39. The van der Waals surface area contributed by atoms with Gasteiger partial charge in [-0.15, -0.1) is 13.2 Å². The van der Waals surface area contributed by atoms with Crippen LogP contribution in [0.3, 0.4) is 0 Å². The molecule has 4 rings (SSSR count). The molecule has 1 saturated carbocycles. The van der Waals surface area contributed by atoms with Gasteiger partial charge in [-0.05, 0) is 63.8 Å². The number of esters is 1. The molecule has 0 bridgehead atoms. The highest BCUT2D eigenvalue weighted by Gasteiger charge is 2.49. The number of rotatable bonds is 13. The van der Waals surface area contributed by atoms with Crippen molar-refractivity contribution in [1.29, 1.82) is 0 Å². The minimum atomic E-state index is -4.92. The summed E-state index contributed by atoms with van der Waals surface area (Å²) in [4.78, 5) is 66.1. The van der Waals surface area contributed by atoms with Crippen LogP contribution in [0.15, 0.2) is 30.3 Å². The van der Waals surface area contributed by atoms with Crippen LogP contribution in [0.25, 0.3) is 5.69 Å². The Bertz CT molecular complexity index is 1480. The van der Waals surface area contributed by atoms with Crippen LogP contribution in [-0.4, -0.2) is 112 Å². The Morgan fingerprint density at radius 2 is 1.60 bits per heavy atom. The summed E-state index contributed by atoms with van der Waals surface area (Å²) >= 11 is 0. The monoisotopic (exact) mass is 683 g/mol. The number of piperazine rings is 1. The van der Waals surface area contributed by atoms with E-state index in [-0.39, 0.29) is 63.1 Å². The molecule has 18 heteroatoms. The summed E-state index contributed by atoms with van der Waals surface area (Å²) in [6, 6.07) is 4.44. The molecule has 2 fully saturated rings. The van der Waals surface area contributed by atoms with E-state index in [0.717, 1.165) is 16.8 Å². The van der Waals surface area contributed by atoms with Gasteiger partial charge in [0, 0.05) is 38.7 Å². The number of carboxylic acids is 1. The van der Waals surface area contributed by atoms with E-state index in [1.54, 1.807) is 13.8 Å². The Labute approximate surface area is 272 Å². The molecule has 2 N–H and O–H groups in total. The molecular weight excluding hydrogens is 647 g/mol. The van der Waals surface area contributed by atoms with E-state index in [1.807, 2.05) is 0 Å². The maximum absolute atomic E-state index is 13.5. The Balaban J connectivity index is 1.59. The van der Waals surface area contributed by atoms with Gasteiger partial charge in [0.1, 0.15) is 11.8 Å². The van der Waals surface area contributed by atoms with E-state index in [4.69, 9.17) is 14.2 Å². The maximum atomic E-state index is 13.5. The lowest BCUT2D eigenvalue weighted by molar-refractivity contribution is -0.274. The number of alkyl halides is 3. The molecule has 1 aliphatic carbocycles. The second-order valence-corrected chi connectivity index (χ2v) is 11.0. The summed E-state index contributed by atoms with van der Waals surface area (Å²) in [5.41, 5.74) is -1.53. The Hall–Kier alpha value is -5.03. The number of ether oxygens (including phenoxy) is 4. The maximum Gasteiger partial charge on any atom is 0.573 e. The van der Waals surface area contributed by atoms with E-state index in [1.165, 1.54) is 28.0 Å². The van der Waals surface area contributed by atoms with Gasteiger partial charge in [0.05, 0.1) is 18.9 Å². The molecule has 1 aliphatic heterocycles. The van der Waals surface area contributed by atoms with Crippen LogP contribution in [0.2, 0.25) is 0 Å². The SMILES string of the molecule is CCOC(=O)N1CCN(C(=O)C(CCC(=O)O)NC(=O)c2cc(OC3(C(=O)OCC)CCC3)n(-c3ccc(OC(F)(F)F)cc3)n2)CC1. The van der Waals surface area contributed by atoms with Crippen LogP contribution in [-0.2, 0) is 23.9 Å². The summed E-state index contributed by atoms with van der Waals surface area (Å²) in [5.74, 6) is -3.91. The van der Waals surface area contributed by atoms with E-state index >= 15 is 0 Å². The highest BCUT2D eigenvalue weighted by atomic mass is 19.4. The molecule has 1 saturated heterocycles. The first kappa shape index (κ1) is 35.8. The van der Waals surface area contributed by atoms with Gasteiger partial charge in [-0.3, -0.25) is 14.4 Å². The standard InChI is InChI=1S/C30H36F3N5O10/c1-3-45-27(43)29(12-5-13-29)48-23-18-22(35-38(23)19-6-8-20(9-7-19)47-30(31,32)33)25(41)34-21(10-11-24(39)40)26(42)36-14-16-37(17-15-36)28(44)46-4-2/h6-9,18,21H,3-5,10-17H2,1-2H3,(H,34,41)(H,39,40).